The standard InChI is InChI=1S/C19H30N2O/c1-15(21-12-6-5-7-13-21)14-20-18(22)16-8-10-17(11-9-16)19(2,3)4/h8-11,15H,5-7,12-14H2,1-4H3,(H,20,22). The van der Waals surface area contributed by atoms with Crippen molar-refractivity contribution in [2.24, 2.45) is 0 Å². The van der Waals surface area contributed by atoms with E-state index in [-0.39, 0.29) is 11.3 Å². The van der Waals surface area contributed by atoms with E-state index < -0.39 is 0 Å². The van der Waals surface area contributed by atoms with Crippen LogP contribution in [0, 0.1) is 0 Å². The number of hydrogen-bond donors (Lipinski definition) is 1. The SMILES string of the molecule is CC(CNC(=O)c1ccc(C(C)(C)C)cc1)N1CCCCC1. The van der Waals surface area contributed by atoms with E-state index in [0.29, 0.717) is 6.04 Å². The highest BCUT2D eigenvalue weighted by atomic mass is 16.1. The molecule has 122 valence electrons. The molecule has 2 rings (SSSR count). The lowest BCUT2D eigenvalue weighted by atomic mass is 9.87. The number of carbonyl (C=O) groups excluding carboxylic acids is 1. The summed E-state index contributed by atoms with van der Waals surface area (Å²) in [4.78, 5) is 14.7. The fourth-order valence-electron chi connectivity index (χ4n) is 2.95. The number of rotatable bonds is 4. The van der Waals surface area contributed by atoms with Gasteiger partial charge in [0.05, 0.1) is 0 Å². The quantitative estimate of drug-likeness (QED) is 0.922. The number of carbonyl (C=O) groups is 1. The van der Waals surface area contributed by atoms with E-state index in [4.69, 9.17) is 0 Å². The van der Waals surface area contributed by atoms with Gasteiger partial charge in [0, 0.05) is 18.2 Å². The summed E-state index contributed by atoms with van der Waals surface area (Å²) < 4.78 is 0. The van der Waals surface area contributed by atoms with Crippen molar-refractivity contribution in [3.8, 4) is 0 Å². The second kappa shape index (κ2) is 7.28. The van der Waals surface area contributed by atoms with Crippen LogP contribution in [0.1, 0.15) is 62.9 Å². The Morgan fingerprint density at radius 2 is 1.73 bits per heavy atom. The van der Waals surface area contributed by atoms with Crippen LogP contribution in [0.15, 0.2) is 24.3 Å². The van der Waals surface area contributed by atoms with Gasteiger partial charge in [-0.2, -0.15) is 0 Å². The fourth-order valence-corrected chi connectivity index (χ4v) is 2.95. The Morgan fingerprint density at radius 3 is 2.27 bits per heavy atom. The first kappa shape index (κ1) is 17.0. The van der Waals surface area contributed by atoms with E-state index in [1.54, 1.807) is 0 Å². The number of nitrogens with zero attached hydrogens (tertiary/aromatic N) is 1. The van der Waals surface area contributed by atoms with Crippen molar-refractivity contribution in [2.75, 3.05) is 19.6 Å². The summed E-state index contributed by atoms with van der Waals surface area (Å²) in [5.41, 5.74) is 2.13. The zero-order chi connectivity index (χ0) is 16.2. The Morgan fingerprint density at radius 1 is 1.14 bits per heavy atom. The predicted octanol–water partition coefficient (Wildman–Crippen LogP) is 3.59. The molecule has 3 heteroatoms. The van der Waals surface area contributed by atoms with Crippen LogP contribution in [-0.4, -0.2) is 36.5 Å². The molecule has 0 aliphatic carbocycles. The summed E-state index contributed by atoms with van der Waals surface area (Å²) in [7, 11) is 0. The monoisotopic (exact) mass is 302 g/mol. The minimum absolute atomic E-state index is 0.0318. The molecule has 0 aromatic heterocycles. The van der Waals surface area contributed by atoms with Crippen LogP contribution in [0.4, 0.5) is 0 Å². The van der Waals surface area contributed by atoms with Gasteiger partial charge in [0.1, 0.15) is 0 Å². The van der Waals surface area contributed by atoms with Gasteiger partial charge in [0.25, 0.3) is 5.91 Å². The Kier molecular flexibility index (Phi) is 5.63. The van der Waals surface area contributed by atoms with Crippen molar-refractivity contribution in [1.82, 2.24) is 10.2 Å². The lowest BCUT2D eigenvalue weighted by molar-refractivity contribution is 0.0930. The molecule has 0 spiro atoms. The van der Waals surface area contributed by atoms with Crippen LogP contribution in [0.2, 0.25) is 0 Å². The van der Waals surface area contributed by atoms with E-state index in [2.05, 4.69) is 50.0 Å². The Hall–Kier alpha value is -1.35. The van der Waals surface area contributed by atoms with Gasteiger partial charge < -0.3 is 5.32 Å². The maximum absolute atomic E-state index is 12.3. The van der Waals surface area contributed by atoms with Gasteiger partial charge >= 0.3 is 0 Å². The van der Waals surface area contributed by atoms with Crippen molar-refractivity contribution in [3.63, 3.8) is 0 Å². The fraction of sp³-hybridized carbons (Fsp3) is 0.632. The molecule has 1 aromatic carbocycles. The number of nitrogens with one attached hydrogen (secondary N) is 1. The van der Waals surface area contributed by atoms with Gasteiger partial charge in [-0.1, -0.05) is 39.3 Å². The van der Waals surface area contributed by atoms with Crippen LogP contribution >= 0.6 is 0 Å². The number of likely N-dealkylation sites (tertiary alicyclic amines) is 1. The maximum Gasteiger partial charge on any atom is 0.251 e. The van der Waals surface area contributed by atoms with Crippen molar-refractivity contribution < 1.29 is 4.79 Å². The van der Waals surface area contributed by atoms with Crippen LogP contribution in [-0.2, 0) is 5.41 Å². The molecule has 1 fully saturated rings. The summed E-state index contributed by atoms with van der Waals surface area (Å²) in [6.45, 7) is 11.8. The van der Waals surface area contributed by atoms with Crippen LogP contribution in [0.5, 0.6) is 0 Å². The Bertz CT molecular complexity index is 481. The lowest BCUT2D eigenvalue weighted by Crippen LogP contribution is -2.44. The average Bonchev–Trinajstić information content (AvgIpc) is 2.52. The van der Waals surface area contributed by atoms with Crippen molar-refractivity contribution in [1.29, 1.82) is 0 Å². The maximum atomic E-state index is 12.3. The van der Waals surface area contributed by atoms with Gasteiger partial charge in [0.15, 0.2) is 0 Å². The molecule has 1 saturated heterocycles. The second-order valence-corrected chi connectivity index (χ2v) is 7.48. The van der Waals surface area contributed by atoms with Gasteiger partial charge in [0.2, 0.25) is 0 Å². The summed E-state index contributed by atoms with van der Waals surface area (Å²) in [6.07, 6.45) is 3.91. The molecule has 0 bridgehead atoms. The second-order valence-electron chi connectivity index (χ2n) is 7.48. The van der Waals surface area contributed by atoms with Gasteiger partial charge in [-0.05, 0) is 56.0 Å². The molecule has 1 heterocycles. The lowest BCUT2D eigenvalue weighted by Gasteiger charge is -2.32. The largest absolute Gasteiger partial charge is 0.350 e. The minimum Gasteiger partial charge on any atom is -0.350 e. The average molecular weight is 302 g/mol. The van der Waals surface area contributed by atoms with E-state index in [0.717, 1.165) is 25.2 Å². The molecule has 1 aromatic rings. The van der Waals surface area contributed by atoms with Gasteiger partial charge in [-0.15, -0.1) is 0 Å². The van der Waals surface area contributed by atoms with Gasteiger partial charge in [-0.3, -0.25) is 9.69 Å². The van der Waals surface area contributed by atoms with Crippen molar-refractivity contribution in [2.45, 2.75) is 58.4 Å². The van der Waals surface area contributed by atoms with Crippen LogP contribution in [0.25, 0.3) is 0 Å². The molecule has 22 heavy (non-hydrogen) atoms. The zero-order valence-electron chi connectivity index (χ0n) is 14.5. The summed E-state index contributed by atoms with van der Waals surface area (Å²) in [6, 6.07) is 8.40. The normalized spacial score (nSPS) is 18.0. The molecule has 0 radical (unpaired) electrons. The summed E-state index contributed by atoms with van der Waals surface area (Å²) >= 11 is 0. The third kappa shape index (κ3) is 4.57. The molecule has 1 atom stereocenters. The molecule has 0 saturated carbocycles. The number of piperidine rings is 1. The first-order valence-corrected chi connectivity index (χ1v) is 8.51. The summed E-state index contributed by atoms with van der Waals surface area (Å²) in [5.74, 6) is 0.0318. The molecule has 1 aliphatic heterocycles. The number of amides is 1. The highest BCUT2D eigenvalue weighted by Gasteiger charge is 2.18. The zero-order valence-corrected chi connectivity index (χ0v) is 14.5. The van der Waals surface area contributed by atoms with Crippen molar-refractivity contribution >= 4 is 5.91 Å². The van der Waals surface area contributed by atoms with Crippen LogP contribution in [0.3, 0.4) is 0 Å². The number of benzene rings is 1. The highest BCUT2D eigenvalue weighted by molar-refractivity contribution is 5.94. The van der Waals surface area contributed by atoms with E-state index in [1.807, 2.05) is 12.1 Å². The topological polar surface area (TPSA) is 32.3 Å². The minimum atomic E-state index is 0.0318. The molecule has 1 N–H and O–H groups in total. The van der Waals surface area contributed by atoms with E-state index in [1.165, 1.54) is 24.8 Å². The van der Waals surface area contributed by atoms with Gasteiger partial charge in [-0.25, -0.2) is 0 Å². The molecule has 3 nitrogen and oxygen atoms in total. The first-order chi connectivity index (χ1) is 10.4. The molecular weight excluding hydrogens is 272 g/mol. The van der Waals surface area contributed by atoms with Crippen LogP contribution < -0.4 is 5.32 Å². The number of hydrogen-bond acceptors (Lipinski definition) is 2. The van der Waals surface area contributed by atoms with E-state index in [9.17, 15) is 4.79 Å². The van der Waals surface area contributed by atoms with E-state index >= 15 is 0 Å². The third-order valence-electron chi connectivity index (χ3n) is 4.59. The smallest absolute Gasteiger partial charge is 0.251 e. The Labute approximate surface area is 135 Å². The predicted molar refractivity (Wildman–Crippen MR) is 92.4 cm³/mol. The molecular formula is C19H30N2O. The molecule has 1 unspecified atom stereocenters. The summed E-state index contributed by atoms with van der Waals surface area (Å²) in [5, 5.41) is 3.07. The third-order valence-corrected chi connectivity index (χ3v) is 4.59. The molecule has 1 aliphatic rings. The Balaban J connectivity index is 1.86. The highest BCUT2D eigenvalue weighted by Crippen LogP contribution is 2.22. The molecule has 1 amide bonds. The van der Waals surface area contributed by atoms with Crippen molar-refractivity contribution in [3.05, 3.63) is 35.4 Å². The first-order valence-electron chi connectivity index (χ1n) is 8.51.